The maximum Gasteiger partial charge on any atom is 0.338 e. The van der Waals surface area contributed by atoms with Gasteiger partial charge in [-0.2, -0.15) is 0 Å². The lowest BCUT2D eigenvalue weighted by Gasteiger charge is -2.11. The number of carbonyl (C=O) groups excluding carboxylic acids is 2. The maximum absolute atomic E-state index is 12.2. The SMILES string of the molecule is C=CCOc1ccc(C(=O)OCC(=O)NCCc2ccc(OC)c(OC)c2)cc1OC. The Balaban J connectivity index is 1.82. The van der Waals surface area contributed by atoms with Gasteiger partial charge in [-0.25, -0.2) is 4.79 Å². The van der Waals surface area contributed by atoms with Crippen LogP contribution >= 0.6 is 0 Å². The number of hydrogen-bond donors (Lipinski definition) is 1. The van der Waals surface area contributed by atoms with Gasteiger partial charge in [-0.1, -0.05) is 18.7 Å². The van der Waals surface area contributed by atoms with Crippen molar-refractivity contribution in [2.24, 2.45) is 0 Å². The van der Waals surface area contributed by atoms with Crippen LogP contribution in [0.2, 0.25) is 0 Å². The Morgan fingerprint density at radius 1 is 0.935 bits per heavy atom. The molecule has 0 unspecified atom stereocenters. The molecule has 0 spiro atoms. The van der Waals surface area contributed by atoms with Gasteiger partial charge in [0.25, 0.3) is 5.91 Å². The molecule has 0 aliphatic heterocycles. The second-order valence-corrected chi connectivity index (χ2v) is 6.33. The van der Waals surface area contributed by atoms with Crippen LogP contribution in [0.4, 0.5) is 0 Å². The van der Waals surface area contributed by atoms with Crippen molar-refractivity contribution in [2.75, 3.05) is 41.1 Å². The molecule has 166 valence electrons. The molecule has 8 nitrogen and oxygen atoms in total. The summed E-state index contributed by atoms with van der Waals surface area (Å²) in [5.41, 5.74) is 1.22. The van der Waals surface area contributed by atoms with Gasteiger partial charge in [-0.15, -0.1) is 0 Å². The predicted octanol–water partition coefficient (Wildman–Crippen LogP) is 2.79. The molecule has 1 amide bonds. The fraction of sp³-hybridized carbons (Fsp3) is 0.304. The molecule has 2 rings (SSSR count). The average Bonchev–Trinajstić information content (AvgIpc) is 2.80. The van der Waals surface area contributed by atoms with Crippen LogP contribution < -0.4 is 24.3 Å². The van der Waals surface area contributed by atoms with Crippen molar-refractivity contribution in [1.82, 2.24) is 5.32 Å². The number of carbonyl (C=O) groups is 2. The predicted molar refractivity (Wildman–Crippen MR) is 115 cm³/mol. The lowest BCUT2D eigenvalue weighted by Crippen LogP contribution is -2.30. The van der Waals surface area contributed by atoms with Crippen LogP contribution in [0.5, 0.6) is 23.0 Å². The van der Waals surface area contributed by atoms with E-state index in [1.165, 1.54) is 19.2 Å². The number of rotatable bonds is 12. The van der Waals surface area contributed by atoms with Crippen molar-refractivity contribution < 1.29 is 33.3 Å². The molecule has 0 fully saturated rings. The first kappa shape index (κ1) is 23.6. The van der Waals surface area contributed by atoms with Crippen LogP contribution in [-0.2, 0) is 16.0 Å². The van der Waals surface area contributed by atoms with Crippen molar-refractivity contribution in [2.45, 2.75) is 6.42 Å². The summed E-state index contributed by atoms with van der Waals surface area (Å²) in [6, 6.07) is 10.2. The standard InChI is InChI=1S/C23H27NO7/c1-5-12-30-19-9-7-17(14-21(19)29-4)23(26)31-15-22(25)24-11-10-16-6-8-18(27-2)20(13-16)28-3/h5-9,13-14H,1,10-12,15H2,2-4H3,(H,24,25). The highest BCUT2D eigenvalue weighted by Gasteiger charge is 2.14. The molecular weight excluding hydrogens is 402 g/mol. The summed E-state index contributed by atoms with van der Waals surface area (Å²) in [6.07, 6.45) is 2.19. The van der Waals surface area contributed by atoms with Gasteiger partial charge in [0, 0.05) is 6.54 Å². The molecule has 0 atom stereocenters. The number of amides is 1. The third-order valence-electron chi connectivity index (χ3n) is 4.27. The number of benzene rings is 2. The average molecular weight is 429 g/mol. The third-order valence-corrected chi connectivity index (χ3v) is 4.27. The van der Waals surface area contributed by atoms with Crippen LogP contribution in [-0.4, -0.2) is 53.0 Å². The largest absolute Gasteiger partial charge is 0.493 e. The molecule has 31 heavy (non-hydrogen) atoms. The van der Waals surface area contributed by atoms with Crippen molar-refractivity contribution in [3.63, 3.8) is 0 Å². The highest BCUT2D eigenvalue weighted by molar-refractivity contribution is 5.92. The zero-order valence-corrected chi connectivity index (χ0v) is 17.9. The van der Waals surface area contributed by atoms with Crippen molar-refractivity contribution in [1.29, 1.82) is 0 Å². The zero-order chi connectivity index (χ0) is 22.6. The van der Waals surface area contributed by atoms with E-state index in [4.69, 9.17) is 23.7 Å². The minimum atomic E-state index is -0.636. The Morgan fingerprint density at radius 3 is 2.29 bits per heavy atom. The molecular formula is C23H27NO7. The quantitative estimate of drug-likeness (QED) is 0.410. The molecule has 0 saturated heterocycles. The monoisotopic (exact) mass is 429 g/mol. The Labute approximate surface area is 181 Å². The normalized spacial score (nSPS) is 10.0. The fourth-order valence-electron chi connectivity index (χ4n) is 2.71. The Bertz CT molecular complexity index is 911. The minimum absolute atomic E-state index is 0.251. The van der Waals surface area contributed by atoms with Gasteiger partial charge >= 0.3 is 5.97 Å². The molecule has 0 aliphatic carbocycles. The Hall–Kier alpha value is -3.68. The van der Waals surface area contributed by atoms with Crippen LogP contribution in [0.3, 0.4) is 0 Å². The van der Waals surface area contributed by atoms with Crippen molar-refractivity contribution in [3.05, 3.63) is 60.2 Å². The fourth-order valence-corrected chi connectivity index (χ4v) is 2.71. The summed E-state index contributed by atoms with van der Waals surface area (Å²) >= 11 is 0. The molecule has 0 bridgehead atoms. The summed E-state index contributed by atoms with van der Waals surface area (Å²) in [4.78, 5) is 24.2. The van der Waals surface area contributed by atoms with Crippen LogP contribution in [0.25, 0.3) is 0 Å². The summed E-state index contributed by atoms with van der Waals surface area (Å²) in [7, 11) is 4.60. The van der Waals surface area contributed by atoms with Crippen LogP contribution in [0, 0.1) is 0 Å². The van der Waals surface area contributed by atoms with Gasteiger partial charge < -0.3 is 29.0 Å². The molecule has 2 aromatic rings. The number of esters is 1. The number of hydrogen-bond acceptors (Lipinski definition) is 7. The highest BCUT2D eigenvalue weighted by Crippen LogP contribution is 2.29. The van der Waals surface area contributed by atoms with E-state index in [1.54, 1.807) is 32.4 Å². The second-order valence-electron chi connectivity index (χ2n) is 6.33. The Kier molecular flexibility index (Phi) is 9.22. The van der Waals surface area contributed by atoms with E-state index in [-0.39, 0.29) is 12.2 Å². The lowest BCUT2D eigenvalue weighted by molar-refractivity contribution is -0.124. The van der Waals surface area contributed by atoms with E-state index in [0.29, 0.717) is 42.6 Å². The summed E-state index contributed by atoms with van der Waals surface area (Å²) in [5, 5.41) is 2.72. The molecule has 0 aromatic heterocycles. The number of ether oxygens (including phenoxy) is 5. The third kappa shape index (κ3) is 6.95. The zero-order valence-electron chi connectivity index (χ0n) is 17.9. The molecule has 0 aliphatic rings. The van der Waals surface area contributed by atoms with Crippen molar-refractivity contribution in [3.8, 4) is 23.0 Å². The van der Waals surface area contributed by atoms with Gasteiger partial charge in [0.1, 0.15) is 6.61 Å². The van der Waals surface area contributed by atoms with Gasteiger partial charge in [0.2, 0.25) is 0 Å². The second kappa shape index (κ2) is 12.1. The number of methoxy groups -OCH3 is 3. The van der Waals surface area contributed by atoms with E-state index in [9.17, 15) is 9.59 Å². The highest BCUT2D eigenvalue weighted by atomic mass is 16.5. The summed E-state index contributed by atoms with van der Waals surface area (Å²) in [6.45, 7) is 3.89. The van der Waals surface area contributed by atoms with Crippen LogP contribution in [0.1, 0.15) is 15.9 Å². The lowest BCUT2D eigenvalue weighted by atomic mass is 10.1. The molecule has 0 radical (unpaired) electrons. The molecule has 0 heterocycles. The van der Waals surface area contributed by atoms with Gasteiger partial charge in [-0.05, 0) is 42.3 Å². The molecule has 2 aromatic carbocycles. The topological polar surface area (TPSA) is 92.3 Å². The summed E-state index contributed by atoms with van der Waals surface area (Å²) < 4.78 is 26.2. The first-order valence-corrected chi connectivity index (χ1v) is 9.58. The van der Waals surface area contributed by atoms with E-state index < -0.39 is 11.9 Å². The Morgan fingerprint density at radius 2 is 1.61 bits per heavy atom. The summed E-state index contributed by atoms with van der Waals surface area (Å²) in [5.74, 6) is 1.09. The molecule has 8 heteroatoms. The van der Waals surface area contributed by atoms with Crippen LogP contribution in [0.15, 0.2) is 49.1 Å². The first-order valence-electron chi connectivity index (χ1n) is 9.58. The molecule has 1 N–H and O–H groups in total. The maximum atomic E-state index is 12.2. The van der Waals surface area contributed by atoms with E-state index in [2.05, 4.69) is 11.9 Å². The van der Waals surface area contributed by atoms with Gasteiger partial charge in [0.05, 0.1) is 26.9 Å². The van der Waals surface area contributed by atoms with E-state index in [1.807, 2.05) is 12.1 Å². The van der Waals surface area contributed by atoms with Crippen molar-refractivity contribution >= 4 is 11.9 Å². The number of nitrogens with one attached hydrogen (secondary N) is 1. The van der Waals surface area contributed by atoms with Gasteiger partial charge in [-0.3, -0.25) is 4.79 Å². The van der Waals surface area contributed by atoms with E-state index in [0.717, 1.165) is 5.56 Å². The molecule has 0 saturated carbocycles. The smallest absolute Gasteiger partial charge is 0.338 e. The first-order chi connectivity index (χ1) is 15.0. The van der Waals surface area contributed by atoms with Gasteiger partial charge in [0.15, 0.2) is 29.6 Å². The van der Waals surface area contributed by atoms with E-state index >= 15 is 0 Å². The minimum Gasteiger partial charge on any atom is -0.493 e.